The van der Waals surface area contributed by atoms with Gasteiger partial charge < -0.3 is 0 Å². The molecule has 0 aliphatic rings. The minimum absolute atomic E-state index is 0.0301. The van der Waals surface area contributed by atoms with Gasteiger partial charge in [0, 0.05) is 12.0 Å². The Balaban J connectivity index is 3.35. The molecule has 2 nitrogen and oxygen atoms in total. The van der Waals surface area contributed by atoms with E-state index in [4.69, 9.17) is 0 Å². The van der Waals surface area contributed by atoms with Crippen LogP contribution in [0.4, 0.5) is 4.39 Å². The van der Waals surface area contributed by atoms with E-state index in [-0.39, 0.29) is 18.0 Å². The first-order valence-electron chi connectivity index (χ1n) is 6.30. The Morgan fingerprint density at radius 3 is 2.65 bits per heavy atom. The summed E-state index contributed by atoms with van der Waals surface area (Å²) in [7, 11) is 0. The number of ketones is 1. The second-order valence-corrected chi connectivity index (χ2v) is 5.49. The van der Waals surface area contributed by atoms with E-state index in [0.29, 0.717) is 12.0 Å². The average Bonchev–Trinajstić information content (AvgIpc) is 2.30. The summed E-state index contributed by atoms with van der Waals surface area (Å²) in [6.45, 7) is 9.00. The zero-order chi connectivity index (χ0) is 15.3. The quantitative estimate of drug-likeness (QED) is 0.445. The molecule has 0 heterocycles. The van der Waals surface area contributed by atoms with Gasteiger partial charge in [0.1, 0.15) is 11.6 Å². The predicted molar refractivity (Wildman–Crippen MR) is 82.6 cm³/mol. The summed E-state index contributed by atoms with van der Waals surface area (Å²) in [4.78, 5) is 15.3. The van der Waals surface area contributed by atoms with Gasteiger partial charge in [0.2, 0.25) is 0 Å². The maximum Gasteiger partial charge on any atom is 0.134 e. The Hall–Kier alpha value is -1.64. The van der Waals surface area contributed by atoms with Crippen molar-refractivity contribution < 1.29 is 9.18 Å². The van der Waals surface area contributed by atoms with E-state index in [0.717, 1.165) is 11.1 Å². The fraction of sp³-hybridized carbons (Fsp3) is 0.375. The molecule has 0 amide bonds. The number of rotatable bonds is 6. The Morgan fingerprint density at radius 1 is 1.50 bits per heavy atom. The molecule has 0 bridgehead atoms. The first kappa shape index (κ1) is 16.4. The van der Waals surface area contributed by atoms with Crippen LogP contribution in [0.25, 0.3) is 0 Å². The first-order chi connectivity index (χ1) is 9.28. The molecule has 1 atom stereocenters. The van der Waals surface area contributed by atoms with Crippen LogP contribution in [0.5, 0.6) is 0 Å². The van der Waals surface area contributed by atoms with Crippen LogP contribution in [0.1, 0.15) is 38.3 Å². The fourth-order valence-electron chi connectivity index (χ4n) is 2.27. The number of carbonyl (C=O) groups excluding carboxylic acids is 1. The summed E-state index contributed by atoms with van der Waals surface area (Å²) in [6, 6.07) is 4.65. The highest BCUT2D eigenvalue weighted by Crippen LogP contribution is 2.34. The smallest absolute Gasteiger partial charge is 0.134 e. The van der Waals surface area contributed by atoms with Gasteiger partial charge >= 0.3 is 0 Å². The number of hydrogen-bond acceptors (Lipinski definition) is 3. The van der Waals surface area contributed by atoms with Gasteiger partial charge in [0.15, 0.2) is 0 Å². The van der Waals surface area contributed by atoms with Gasteiger partial charge in [-0.1, -0.05) is 11.6 Å². The SMILES string of the molecule is C=C(C)C[C@](C)(N=C=S)c1cc(CC(C)=O)ccc1F. The molecule has 20 heavy (non-hydrogen) atoms. The number of thiocarbonyl (C=S) groups is 1. The minimum Gasteiger partial charge on any atom is -0.300 e. The van der Waals surface area contributed by atoms with Gasteiger partial charge in [-0.15, -0.1) is 6.58 Å². The largest absolute Gasteiger partial charge is 0.300 e. The van der Waals surface area contributed by atoms with Crippen LogP contribution in [-0.4, -0.2) is 10.9 Å². The normalized spacial score (nSPS) is 13.2. The molecule has 1 rings (SSSR count). The maximum atomic E-state index is 14.1. The number of benzene rings is 1. The standard InChI is InChI=1S/C16H18FNOS/c1-11(2)9-16(4,18-10-20)14-8-13(7-12(3)19)5-6-15(14)17/h5-6,8H,1,7,9H2,2-4H3/t16-/m0/s1. The molecule has 0 aromatic heterocycles. The molecule has 0 fully saturated rings. The van der Waals surface area contributed by atoms with Crippen molar-refractivity contribution in [2.45, 2.75) is 39.2 Å². The van der Waals surface area contributed by atoms with E-state index in [2.05, 4.69) is 29.0 Å². The number of Topliss-reactive ketones (excluding diaryl/α,β-unsaturated/α-hetero) is 1. The summed E-state index contributed by atoms with van der Waals surface area (Å²) in [5.41, 5.74) is 1.21. The monoisotopic (exact) mass is 291 g/mol. The maximum absolute atomic E-state index is 14.1. The summed E-state index contributed by atoms with van der Waals surface area (Å²) in [5.74, 6) is -0.336. The third-order valence-electron chi connectivity index (χ3n) is 3.00. The second kappa shape index (κ2) is 6.69. The lowest BCUT2D eigenvalue weighted by Crippen LogP contribution is -2.21. The summed E-state index contributed by atoms with van der Waals surface area (Å²) in [5, 5.41) is 2.33. The van der Waals surface area contributed by atoms with E-state index < -0.39 is 5.54 Å². The lowest BCUT2D eigenvalue weighted by molar-refractivity contribution is -0.116. The van der Waals surface area contributed by atoms with Crippen molar-refractivity contribution in [3.63, 3.8) is 0 Å². The summed E-state index contributed by atoms with van der Waals surface area (Å²) >= 11 is 4.68. The molecule has 0 aliphatic heterocycles. The van der Waals surface area contributed by atoms with Crippen LogP contribution in [0.3, 0.4) is 0 Å². The number of hydrogen-bond donors (Lipinski definition) is 0. The third kappa shape index (κ3) is 4.19. The molecule has 106 valence electrons. The van der Waals surface area contributed by atoms with Crippen LogP contribution in [-0.2, 0) is 16.8 Å². The summed E-state index contributed by atoms with van der Waals surface area (Å²) in [6.07, 6.45) is 0.745. The highest BCUT2D eigenvalue weighted by Gasteiger charge is 2.29. The molecule has 1 aromatic carbocycles. The number of carbonyl (C=O) groups is 1. The van der Waals surface area contributed by atoms with E-state index in [1.165, 1.54) is 13.0 Å². The topological polar surface area (TPSA) is 29.4 Å². The molecule has 1 aromatic rings. The average molecular weight is 291 g/mol. The van der Waals surface area contributed by atoms with Crippen LogP contribution in [0, 0.1) is 5.82 Å². The van der Waals surface area contributed by atoms with Crippen LogP contribution in [0.15, 0.2) is 35.3 Å². The van der Waals surface area contributed by atoms with E-state index in [9.17, 15) is 9.18 Å². The van der Waals surface area contributed by atoms with Crippen molar-refractivity contribution in [2.24, 2.45) is 4.99 Å². The molecule has 0 spiro atoms. The van der Waals surface area contributed by atoms with Crippen molar-refractivity contribution in [1.82, 2.24) is 0 Å². The first-order valence-corrected chi connectivity index (χ1v) is 6.71. The third-order valence-corrected chi connectivity index (χ3v) is 3.09. The molecule has 0 radical (unpaired) electrons. The van der Waals surface area contributed by atoms with Crippen molar-refractivity contribution in [1.29, 1.82) is 0 Å². The molecule has 0 aliphatic carbocycles. The molecular formula is C16H18FNOS. The Bertz CT molecular complexity index is 590. The van der Waals surface area contributed by atoms with Gasteiger partial charge in [-0.3, -0.25) is 4.79 Å². The van der Waals surface area contributed by atoms with Crippen LogP contribution in [0.2, 0.25) is 0 Å². The molecule has 0 unspecified atom stereocenters. The number of aliphatic imine (C=N–C) groups is 1. The van der Waals surface area contributed by atoms with Gasteiger partial charge in [0.05, 0.1) is 10.7 Å². The molecule has 4 heteroatoms. The predicted octanol–water partition coefficient (Wildman–Crippen LogP) is 4.24. The van der Waals surface area contributed by atoms with Gasteiger partial charge in [-0.2, -0.15) is 0 Å². The van der Waals surface area contributed by atoms with Gasteiger partial charge in [-0.05, 0) is 57.1 Å². The van der Waals surface area contributed by atoms with Gasteiger partial charge in [-0.25, -0.2) is 9.38 Å². The lowest BCUT2D eigenvalue weighted by atomic mass is 9.85. The molecule has 0 N–H and O–H groups in total. The van der Waals surface area contributed by atoms with Crippen molar-refractivity contribution >= 4 is 23.2 Å². The second-order valence-electron chi connectivity index (χ2n) is 5.30. The van der Waals surface area contributed by atoms with Crippen LogP contribution < -0.4 is 0 Å². The number of halogens is 1. The zero-order valence-corrected chi connectivity index (χ0v) is 12.8. The van der Waals surface area contributed by atoms with E-state index >= 15 is 0 Å². The fourth-order valence-corrected chi connectivity index (χ4v) is 2.47. The molecular weight excluding hydrogens is 273 g/mol. The van der Waals surface area contributed by atoms with E-state index in [1.54, 1.807) is 19.1 Å². The lowest BCUT2D eigenvalue weighted by Gasteiger charge is -2.25. The Morgan fingerprint density at radius 2 is 2.15 bits per heavy atom. The van der Waals surface area contributed by atoms with Crippen LogP contribution >= 0.6 is 12.2 Å². The molecule has 0 saturated heterocycles. The summed E-state index contributed by atoms with van der Waals surface area (Å²) < 4.78 is 14.1. The Kier molecular flexibility index (Phi) is 5.49. The minimum atomic E-state index is -0.843. The van der Waals surface area contributed by atoms with Crippen molar-refractivity contribution in [3.05, 3.63) is 47.3 Å². The highest BCUT2D eigenvalue weighted by molar-refractivity contribution is 7.78. The van der Waals surface area contributed by atoms with Gasteiger partial charge in [0.25, 0.3) is 0 Å². The number of isothiocyanates is 1. The highest BCUT2D eigenvalue weighted by atomic mass is 32.1. The van der Waals surface area contributed by atoms with Crippen molar-refractivity contribution in [3.8, 4) is 0 Å². The van der Waals surface area contributed by atoms with E-state index in [1.807, 2.05) is 6.92 Å². The number of nitrogens with zero attached hydrogens (tertiary/aromatic N) is 1. The zero-order valence-electron chi connectivity index (χ0n) is 12.0. The Labute approximate surface area is 124 Å². The van der Waals surface area contributed by atoms with Crippen molar-refractivity contribution in [2.75, 3.05) is 0 Å². The molecule has 0 saturated carbocycles.